The van der Waals surface area contributed by atoms with Crippen LogP contribution in [0, 0.1) is 4.77 Å². The van der Waals surface area contributed by atoms with E-state index < -0.39 is 0 Å². The van der Waals surface area contributed by atoms with Gasteiger partial charge in [-0.2, -0.15) is 5.10 Å². The van der Waals surface area contributed by atoms with Crippen molar-refractivity contribution in [3.8, 4) is 5.75 Å². The Morgan fingerprint density at radius 1 is 1.21 bits per heavy atom. The number of hydrogen-bond acceptors (Lipinski definition) is 4. The first-order chi connectivity index (χ1) is 13.5. The van der Waals surface area contributed by atoms with Crippen molar-refractivity contribution < 1.29 is 9.90 Å². The number of carbonyl (C=O) groups excluding carboxylic acids is 1. The van der Waals surface area contributed by atoms with E-state index in [0.717, 1.165) is 17.0 Å². The number of aromatic amines is 1. The van der Waals surface area contributed by atoms with Gasteiger partial charge < -0.3 is 15.0 Å². The second-order valence-electron chi connectivity index (χ2n) is 6.93. The number of carbonyl (C=O) groups is 1. The van der Waals surface area contributed by atoms with Gasteiger partial charge in [0.05, 0.1) is 5.56 Å². The molecule has 0 aliphatic heterocycles. The number of hydrogen-bond donors (Lipinski definition) is 3. The molecule has 3 N–H and O–H groups in total. The molecule has 0 unspecified atom stereocenters. The summed E-state index contributed by atoms with van der Waals surface area (Å²) in [5.41, 5.74) is 2.39. The van der Waals surface area contributed by atoms with E-state index >= 15 is 0 Å². The van der Waals surface area contributed by atoms with Crippen LogP contribution in [0.3, 0.4) is 0 Å². The normalized spacial score (nSPS) is 11.0. The first-order valence-electron chi connectivity index (χ1n) is 9.25. The number of phenolic OH excluding ortho intramolecular Hbond substituents is 1. The standard InChI is InChI=1S/C21H24N4O2S/c1-14(2)25-19(23-24-21(25)28)10-11-22-20(27)17-13-16(8-9-18(17)26)12-15-6-4-3-5-7-15/h3-9,13-14,26H,10-12H2,1-2H3,(H,22,27)(H,24,28). The summed E-state index contributed by atoms with van der Waals surface area (Å²) >= 11 is 5.24. The molecule has 0 radical (unpaired) electrons. The molecular weight excluding hydrogens is 372 g/mol. The molecule has 0 aliphatic carbocycles. The lowest BCUT2D eigenvalue weighted by atomic mass is 10.0. The van der Waals surface area contributed by atoms with E-state index in [-0.39, 0.29) is 23.3 Å². The first kappa shape index (κ1) is 19.8. The Morgan fingerprint density at radius 2 is 1.96 bits per heavy atom. The van der Waals surface area contributed by atoms with Gasteiger partial charge in [-0.3, -0.25) is 9.89 Å². The summed E-state index contributed by atoms with van der Waals surface area (Å²) in [5, 5.41) is 20.0. The average Bonchev–Trinajstić information content (AvgIpc) is 3.04. The summed E-state index contributed by atoms with van der Waals surface area (Å²) in [6.07, 6.45) is 1.24. The second kappa shape index (κ2) is 8.84. The van der Waals surface area contributed by atoms with Crippen molar-refractivity contribution in [1.29, 1.82) is 0 Å². The fourth-order valence-electron chi connectivity index (χ4n) is 3.14. The van der Waals surface area contributed by atoms with E-state index in [0.29, 0.717) is 24.2 Å². The molecular formula is C21H24N4O2S. The van der Waals surface area contributed by atoms with Crippen molar-refractivity contribution >= 4 is 18.1 Å². The molecule has 7 heteroatoms. The maximum atomic E-state index is 12.6. The van der Waals surface area contributed by atoms with Crippen molar-refractivity contribution in [2.24, 2.45) is 0 Å². The Labute approximate surface area is 169 Å². The Bertz CT molecular complexity index is 1010. The Balaban J connectivity index is 1.66. The molecule has 2 aromatic carbocycles. The minimum absolute atomic E-state index is 0.0285. The molecule has 1 aromatic heterocycles. The molecule has 0 saturated carbocycles. The highest BCUT2D eigenvalue weighted by molar-refractivity contribution is 7.71. The third-order valence-electron chi connectivity index (χ3n) is 4.48. The van der Waals surface area contributed by atoms with Gasteiger partial charge >= 0.3 is 0 Å². The Kier molecular flexibility index (Phi) is 6.26. The molecule has 3 rings (SSSR count). The fourth-order valence-corrected chi connectivity index (χ4v) is 3.50. The fraction of sp³-hybridized carbons (Fsp3) is 0.286. The van der Waals surface area contributed by atoms with Crippen molar-refractivity contribution in [1.82, 2.24) is 20.1 Å². The Hall–Kier alpha value is -2.93. The minimum Gasteiger partial charge on any atom is -0.507 e. The topological polar surface area (TPSA) is 82.9 Å². The maximum absolute atomic E-state index is 12.6. The lowest BCUT2D eigenvalue weighted by Gasteiger charge is -2.11. The van der Waals surface area contributed by atoms with Gasteiger partial charge in [-0.15, -0.1) is 0 Å². The monoisotopic (exact) mass is 396 g/mol. The van der Waals surface area contributed by atoms with Crippen LogP contribution >= 0.6 is 12.2 Å². The number of nitrogens with zero attached hydrogens (tertiary/aromatic N) is 2. The lowest BCUT2D eigenvalue weighted by molar-refractivity contribution is 0.0951. The maximum Gasteiger partial charge on any atom is 0.255 e. The number of benzene rings is 2. The molecule has 0 spiro atoms. The van der Waals surface area contributed by atoms with Crippen molar-refractivity contribution in [2.45, 2.75) is 32.7 Å². The molecule has 0 saturated heterocycles. The lowest BCUT2D eigenvalue weighted by Crippen LogP contribution is -2.27. The van der Waals surface area contributed by atoms with Crippen molar-refractivity contribution in [3.63, 3.8) is 0 Å². The number of amides is 1. The van der Waals surface area contributed by atoms with Gasteiger partial charge in [0, 0.05) is 19.0 Å². The van der Waals surface area contributed by atoms with Gasteiger partial charge in [-0.05, 0) is 55.7 Å². The van der Waals surface area contributed by atoms with Crippen molar-refractivity contribution in [3.05, 3.63) is 75.8 Å². The third kappa shape index (κ3) is 4.67. The van der Waals surface area contributed by atoms with Crippen LogP contribution < -0.4 is 5.32 Å². The van der Waals surface area contributed by atoms with Gasteiger partial charge in [-0.25, -0.2) is 0 Å². The van der Waals surface area contributed by atoms with Gasteiger partial charge in [0.2, 0.25) is 0 Å². The molecule has 3 aromatic rings. The first-order valence-corrected chi connectivity index (χ1v) is 9.66. The van der Waals surface area contributed by atoms with Crippen LogP contribution in [-0.2, 0) is 12.8 Å². The van der Waals surface area contributed by atoms with E-state index in [1.165, 1.54) is 0 Å². The summed E-state index contributed by atoms with van der Waals surface area (Å²) in [6.45, 7) is 4.46. The third-order valence-corrected chi connectivity index (χ3v) is 4.77. The number of rotatable bonds is 7. The summed E-state index contributed by atoms with van der Waals surface area (Å²) in [7, 11) is 0. The van der Waals surface area contributed by atoms with Crippen LogP contribution in [0.5, 0.6) is 5.75 Å². The highest BCUT2D eigenvalue weighted by atomic mass is 32.1. The van der Waals surface area contributed by atoms with Crippen LogP contribution in [-0.4, -0.2) is 32.3 Å². The highest BCUT2D eigenvalue weighted by Gasteiger charge is 2.14. The Morgan fingerprint density at radius 3 is 2.68 bits per heavy atom. The zero-order chi connectivity index (χ0) is 20.1. The smallest absolute Gasteiger partial charge is 0.255 e. The number of nitrogens with one attached hydrogen (secondary N) is 2. The molecule has 6 nitrogen and oxygen atoms in total. The van der Waals surface area contributed by atoms with Crippen LogP contribution in [0.2, 0.25) is 0 Å². The van der Waals surface area contributed by atoms with Gasteiger partial charge in [-0.1, -0.05) is 36.4 Å². The van der Waals surface area contributed by atoms with Crippen molar-refractivity contribution in [2.75, 3.05) is 6.54 Å². The minimum atomic E-state index is -0.308. The molecule has 0 fully saturated rings. The SMILES string of the molecule is CC(C)n1c(CCNC(=O)c2cc(Cc3ccccc3)ccc2O)n[nH]c1=S. The molecule has 0 atom stereocenters. The van der Waals surface area contributed by atoms with E-state index in [2.05, 4.69) is 15.5 Å². The summed E-state index contributed by atoms with van der Waals surface area (Å²) < 4.78 is 2.50. The molecule has 0 aliphatic rings. The highest BCUT2D eigenvalue weighted by Crippen LogP contribution is 2.20. The summed E-state index contributed by atoms with van der Waals surface area (Å²) in [5.74, 6) is 0.458. The van der Waals surface area contributed by atoms with Crippen LogP contribution in [0.4, 0.5) is 0 Å². The van der Waals surface area contributed by atoms with Gasteiger partial charge in [0.15, 0.2) is 4.77 Å². The second-order valence-corrected chi connectivity index (χ2v) is 7.32. The van der Waals surface area contributed by atoms with Crippen LogP contribution in [0.25, 0.3) is 0 Å². The summed E-state index contributed by atoms with van der Waals surface area (Å²) in [6, 6.07) is 15.3. The van der Waals surface area contributed by atoms with E-state index in [4.69, 9.17) is 12.2 Å². The number of aromatic hydroxyl groups is 1. The average molecular weight is 397 g/mol. The van der Waals surface area contributed by atoms with Crippen LogP contribution in [0.1, 0.15) is 47.2 Å². The molecule has 28 heavy (non-hydrogen) atoms. The predicted octanol–water partition coefficient (Wildman–Crippen LogP) is 3.79. The molecule has 146 valence electrons. The summed E-state index contributed by atoms with van der Waals surface area (Å²) in [4.78, 5) is 12.6. The number of aromatic nitrogens is 3. The zero-order valence-corrected chi connectivity index (χ0v) is 16.8. The molecule has 1 heterocycles. The largest absolute Gasteiger partial charge is 0.507 e. The van der Waals surface area contributed by atoms with E-state index in [1.54, 1.807) is 12.1 Å². The van der Waals surface area contributed by atoms with Gasteiger partial charge in [0.1, 0.15) is 11.6 Å². The molecule has 0 bridgehead atoms. The number of H-pyrrole nitrogens is 1. The van der Waals surface area contributed by atoms with E-state index in [1.807, 2.05) is 54.8 Å². The quantitative estimate of drug-likeness (QED) is 0.531. The van der Waals surface area contributed by atoms with Gasteiger partial charge in [0.25, 0.3) is 5.91 Å². The predicted molar refractivity (Wildman–Crippen MR) is 111 cm³/mol. The zero-order valence-electron chi connectivity index (χ0n) is 16.0. The molecule has 1 amide bonds. The number of phenols is 1. The van der Waals surface area contributed by atoms with Crippen LogP contribution in [0.15, 0.2) is 48.5 Å². The van der Waals surface area contributed by atoms with E-state index in [9.17, 15) is 9.90 Å².